The maximum Gasteiger partial charge on any atom is 0.284 e. The zero-order valence-corrected chi connectivity index (χ0v) is 14.5. The van der Waals surface area contributed by atoms with Crippen LogP contribution < -0.4 is 0 Å². The third-order valence-corrected chi connectivity index (χ3v) is 5.37. The van der Waals surface area contributed by atoms with Gasteiger partial charge in [0, 0.05) is 11.0 Å². The van der Waals surface area contributed by atoms with Crippen LogP contribution in [0, 0.1) is 10.1 Å². The molecule has 0 aromatic heterocycles. The summed E-state index contributed by atoms with van der Waals surface area (Å²) < 4.78 is 0. The zero-order valence-electron chi connectivity index (χ0n) is 9.87. The molecule has 2 aromatic carbocycles. The highest BCUT2D eigenvalue weighted by Gasteiger charge is 2.19. The van der Waals surface area contributed by atoms with E-state index in [0.29, 0.717) is 24.9 Å². The Bertz CT molecular complexity index is 738. The fourth-order valence-corrected chi connectivity index (χ4v) is 3.54. The molecule has 3 nitrogen and oxygen atoms in total. The predicted octanol–water partition coefficient (Wildman–Crippen LogP) is 7.01. The molecule has 0 radical (unpaired) electrons. The van der Waals surface area contributed by atoms with Crippen LogP contribution in [0.15, 0.2) is 34.1 Å². The van der Waals surface area contributed by atoms with E-state index in [0.717, 1.165) is 11.8 Å². The van der Waals surface area contributed by atoms with Crippen molar-refractivity contribution in [3.63, 3.8) is 0 Å². The quantitative estimate of drug-likeness (QED) is 0.314. The summed E-state index contributed by atoms with van der Waals surface area (Å²) in [6.45, 7) is 0. The van der Waals surface area contributed by atoms with Crippen molar-refractivity contribution in [1.82, 2.24) is 0 Å². The minimum Gasteiger partial charge on any atom is -0.258 e. The van der Waals surface area contributed by atoms with Crippen LogP contribution in [-0.2, 0) is 0 Å². The molecule has 0 spiro atoms. The van der Waals surface area contributed by atoms with Crippen LogP contribution in [0.3, 0.4) is 0 Å². The summed E-state index contributed by atoms with van der Waals surface area (Å²) in [5, 5.41) is 12.3. The molecule has 110 valence electrons. The average Bonchev–Trinajstić information content (AvgIpc) is 2.39. The zero-order chi connectivity index (χ0) is 15.7. The van der Waals surface area contributed by atoms with Gasteiger partial charge in [0.25, 0.3) is 5.69 Å². The lowest BCUT2D eigenvalue weighted by Crippen LogP contribution is -1.91. The van der Waals surface area contributed by atoms with Gasteiger partial charge in [-0.25, -0.2) is 0 Å². The van der Waals surface area contributed by atoms with Gasteiger partial charge >= 0.3 is 0 Å². The van der Waals surface area contributed by atoms with Gasteiger partial charge in [-0.3, -0.25) is 10.1 Å². The van der Waals surface area contributed by atoms with Crippen LogP contribution in [0.4, 0.5) is 5.69 Å². The number of hydrogen-bond acceptors (Lipinski definition) is 3. The molecule has 0 fully saturated rings. The first-order valence-corrected chi connectivity index (χ1v) is 7.96. The van der Waals surface area contributed by atoms with Crippen LogP contribution in [0.1, 0.15) is 0 Å². The van der Waals surface area contributed by atoms with E-state index < -0.39 is 4.92 Å². The van der Waals surface area contributed by atoms with E-state index >= 15 is 0 Å². The second-order valence-electron chi connectivity index (χ2n) is 3.79. The van der Waals surface area contributed by atoms with Gasteiger partial charge in [-0.15, -0.1) is 0 Å². The number of nitrogens with zero attached hydrogens (tertiary/aromatic N) is 1. The van der Waals surface area contributed by atoms with Gasteiger partial charge in [0.05, 0.1) is 34.9 Å². The number of halogens is 5. The number of benzene rings is 2. The number of hydrogen-bond donors (Lipinski definition) is 0. The lowest BCUT2D eigenvalue weighted by atomic mass is 10.3. The van der Waals surface area contributed by atoms with E-state index in [9.17, 15) is 10.1 Å². The third kappa shape index (κ3) is 3.89. The van der Waals surface area contributed by atoms with E-state index in [4.69, 9.17) is 58.0 Å². The van der Waals surface area contributed by atoms with E-state index in [1.54, 1.807) is 0 Å². The van der Waals surface area contributed by atoms with Crippen LogP contribution in [0.5, 0.6) is 0 Å². The highest BCUT2D eigenvalue weighted by Crippen LogP contribution is 2.43. The molecular formula is C12H4Cl5NO2S. The van der Waals surface area contributed by atoms with Crippen molar-refractivity contribution in [3.8, 4) is 0 Å². The van der Waals surface area contributed by atoms with Crippen LogP contribution in [0.2, 0.25) is 25.1 Å². The van der Waals surface area contributed by atoms with Gasteiger partial charge in [-0.1, -0.05) is 69.8 Å². The molecule has 0 aliphatic heterocycles. The molecule has 0 bridgehead atoms. The van der Waals surface area contributed by atoms with Crippen molar-refractivity contribution in [1.29, 1.82) is 0 Å². The summed E-state index contributed by atoms with van der Waals surface area (Å²) in [6.07, 6.45) is 0. The Labute approximate surface area is 149 Å². The van der Waals surface area contributed by atoms with Crippen molar-refractivity contribution in [2.45, 2.75) is 9.79 Å². The summed E-state index contributed by atoms with van der Waals surface area (Å²) in [7, 11) is 0. The Kier molecular flexibility index (Phi) is 5.52. The van der Waals surface area contributed by atoms with Gasteiger partial charge in [0.1, 0.15) is 0 Å². The molecule has 0 heterocycles. The second-order valence-corrected chi connectivity index (χ2v) is 6.91. The highest BCUT2D eigenvalue weighted by molar-refractivity contribution is 7.99. The van der Waals surface area contributed by atoms with Gasteiger partial charge in [0.15, 0.2) is 0 Å². The molecule has 0 atom stereocenters. The van der Waals surface area contributed by atoms with Gasteiger partial charge in [-0.2, -0.15) is 0 Å². The van der Waals surface area contributed by atoms with Crippen molar-refractivity contribution in [3.05, 3.63) is 59.5 Å². The normalized spacial score (nSPS) is 10.7. The van der Waals surface area contributed by atoms with Gasteiger partial charge in [-0.05, 0) is 18.2 Å². The number of nitro groups is 1. The molecular weight excluding hydrogens is 399 g/mol. The lowest BCUT2D eigenvalue weighted by Gasteiger charge is -2.08. The molecule has 9 heteroatoms. The Morgan fingerprint density at radius 3 is 1.81 bits per heavy atom. The van der Waals surface area contributed by atoms with E-state index in [1.807, 2.05) is 0 Å². The predicted molar refractivity (Wildman–Crippen MR) is 88.7 cm³/mol. The van der Waals surface area contributed by atoms with E-state index in [2.05, 4.69) is 0 Å². The molecule has 2 aromatic rings. The van der Waals surface area contributed by atoms with Crippen LogP contribution >= 0.6 is 69.8 Å². The summed E-state index contributed by atoms with van der Waals surface area (Å²) in [6, 6.07) is 5.60. The minimum absolute atomic E-state index is 0.105. The monoisotopic (exact) mass is 401 g/mol. The van der Waals surface area contributed by atoms with E-state index in [-0.39, 0.29) is 15.7 Å². The molecule has 0 amide bonds. The number of nitro benzene ring substituents is 1. The second kappa shape index (κ2) is 6.82. The van der Waals surface area contributed by atoms with Gasteiger partial charge < -0.3 is 0 Å². The van der Waals surface area contributed by atoms with Gasteiger partial charge in [0.2, 0.25) is 0 Å². The topological polar surface area (TPSA) is 43.1 Å². The standard InChI is InChI=1S/C12H4Cl5NO2S/c13-5-1-9(17)11(3-7(5)15)21-12-4-8(16)6(14)2-10(12)18(19)20/h1-4H. The lowest BCUT2D eigenvalue weighted by molar-refractivity contribution is -0.387. The Balaban J connectivity index is 2.51. The minimum atomic E-state index is -0.546. The van der Waals surface area contributed by atoms with Crippen LogP contribution in [0.25, 0.3) is 0 Å². The maximum atomic E-state index is 11.1. The van der Waals surface area contributed by atoms with Crippen molar-refractivity contribution in [2.75, 3.05) is 0 Å². The largest absolute Gasteiger partial charge is 0.284 e. The molecule has 2 rings (SSSR count). The Hall–Kier alpha value is -0.360. The summed E-state index contributed by atoms with van der Waals surface area (Å²) in [4.78, 5) is 11.4. The smallest absolute Gasteiger partial charge is 0.258 e. The Morgan fingerprint density at radius 2 is 1.24 bits per heavy atom. The molecule has 0 aliphatic rings. The SMILES string of the molecule is O=[N+]([O-])c1cc(Cl)c(Cl)cc1Sc1cc(Cl)c(Cl)cc1Cl. The van der Waals surface area contributed by atoms with E-state index in [1.165, 1.54) is 24.3 Å². The summed E-state index contributed by atoms with van der Waals surface area (Å²) in [5.41, 5.74) is -0.170. The highest BCUT2D eigenvalue weighted by atomic mass is 35.5. The molecule has 0 saturated carbocycles. The number of rotatable bonds is 3. The Morgan fingerprint density at radius 1 is 0.762 bits per heavy atom. The molecule has 0 N–H and O–H groups in total. The van der Waals surface area contributed by atoms with Crippen molar-refractivity contribution in [2.24, 2.45) is 0 Å². The molecule has 0 saturated heterocycles. The van der Waals surface area contributed by atoms with Crippen molar-refractivity contribution >= 4 is 75.5 Å². The first-order chi connectivity index (χ1) is 9.79. The first kappa shape index (κ1) is 17.0. The summed E-state index contributed by atoms with van der Waals surface area (Å²) in [5.74, 6) is 0. The fourth-order valence-electron chi connectivity index (χ4n) is 1.44. The molecule has 21 heavy (non-hydrogen) atoms. The summed E-state index contributed by atoms with van der Waals surface area (Å²) >= 11 is 30.6. The fraction of sp³-hybridized carbons (Fsp3) is 0. The molecule has 0 unspecified atom stereocenters. The molecule has 0 aliphatic carbocycles. The first-order valence-electron chi connectivity index (χ1n) is 5.25. The average molecular weight is 404 g/mol. The maximum absolute atomic E-state index is 11.1. The van der Waals surface area contributed by atoms with Crippen LogP contribution in [-0.4, -0.2) is 4.92 Å². The third-order valence-electron chi connectivity index (χ3n) is 2.39. The van der Waals surface area contributed by atoms with Crippen molar-refractivity contribution < 1.29 is 4.92 Å².